The highest BCUT2D eigenvalue weighted by Gasteiger charge is 2.31. The van der Waals surface area contributed by atoms with Gasteiger partial charge in [-0.3, -0.25) is 4.79 Å². The maximum Gasteiger partial charge on any atom is 0.265 e. The third kappa shape index (κ3) is 5.45. The maximum absolute atomic E-state index is 15.1. The predicted molar refractivity (Wildman–Crippen MR) is 146 cm³/mol. The summed E-state index contributed by atoms with van der Waals surface area (Å²) in [4.78, 5) is 22.6. The zero-order chi connectivity index (χ0) is 27.8. The molecule has 39 heavy (non-hydrogen) atoms. The quantitative estimate of drug-likeness (QED) is 0.420. The third-order valence-electron chi connectivity index (χ3n) is 7.52. The van der Waals surface area contributed by atoms with E-state index in [1.165, 1.54) is 23.1 Å². The molecule has 0 radical (unpaired) electrons. The second-order valence-corrected chi connectivity index (χ2v) is 10.7. The van der Waals surface area contributed by atoms with Crippen LogP contribution in [0.25, 0.3) is 11.3 Å². The second kappa shape index (κ2) is 10.9. The number of benzene rings is 2. The number of ether oxygens (including phenoxy) is 1. The molecule has 0 unspecified atom stereocenters. The summed E-state index contributed by atoms with van der Waals surface area (Å²) in [5, 5.41) is 0. The number of halogens is 3. The Bertz CT molecular complexity index is 1390. The Hall–Kier alpha value is -3.59. The molecule has 2 aliphatic heterocycles. The van der Waals surface area contributed by atoms with Gasteiger partial charge in [-0.2, -0.15) is 0 Å². The van der Waals surface area contributed by atoms with Crippen molar-refractivity contribution < 1.29 is 22.7 Å². The van der Waals surface area contributed by atoms with Crippen molar-refractivity contribution in [2.24, 2.45) is 0 Å². The van der Waals surface area contributed by atoms with Gasteiger partial charge in [-0.1, -0.05) is 6.07 Å². The van der Waals surface area contributed by atoms with Crippen molar-refractivity contribution >= 4 is 17.3 Å². The molecule has 9 heteroatoms. The van der Waals surface area contributed by atoms with Gasteiger partial charge in [-0.15, -0.1) is 0 Å². The molecule has 0 spiro atoms. The van der Waals surface area contributed by atoms with Crippen LogP contribution in [0.4, 0.5) is 24.5 Å². The smallest absolute Gasteiger partial charge is 0.265 e. The van der Waals surface area contributed by atoms with Gasteiger partial charge in [0.2, 0.25) is 0 Å². The zero-order valence-electron chi connectivity index (χ0n) is 22.7. The van der Waals surface area contributed by atoms with E-state index >= 15 is 4.39 Å². The van der Waals surface area contributed by atoms with Crippen LogP contribution in [0.5, 0.6) is 5.75 Å². The highest BCUT2D eigenvalue weighted by molar-refractivity contribution is 5.99. The summed E-state index contributed by atoms with van der Waals surface area (Å²) >= 11 is 0. The molecule has 0 bridgehead atoms. The molecule has 2 aromatic carbocycles. The molecule has 0 saturated carbocycles. The first-order valence-electron chi connectivity index (χ1n) is 13.3. The van der Waals surface area contributed by atoms with E-state index in [1.54, 1.807) is 12.1 Å². The van der Waals surface area contributed by atoms with Crippen molar-refractivity contribution in [2.75, 3.05) is 43.6 Å². The van der Waals surface area contributed by atoms with Gasteiger partial charge in [0.15, 0.2) is 18.2 Å². The normalized spacial score (nSPS) is 16.2. The van der Waals surface area contributed by atoms with Crippen LogP contribution in [0.3, 0.4) is 0 Å². The number of amides is 1. The lowest BCUT2D eigenvalue weighted by atomic mass is 10.0. The standard InChI is InChI=1S/C30H33F3N4O2/c1-18(2)37-27-16-20(15-25(33)30(27)39-17-28(37)38)29-23(31)7-6-21(34-29)13-19-5-8-26(24(32)14-19)36-11-9-22(10-12-36)35(3)4/h5-8,14-16,18,22H,9-13,17H2,1-4H3. The lowest BCUT2D eigenvalue weighted by molar-refractivity contribution is -0.121. The second-order valence-electron chi connectivity index (χ2n) is 10.7. The minimum Gasteiger partial charge on any atom is -0.478 e. The van der Waals surface area contributed by atoms with Crippen molar-refractivity contribution in [1.29, 1.82) is 0 Å². The molecule has 1 saturated heterocycles. The number of hydrogen-bond acceptors (Lipinski definition) is 5. The number of pyridine rings is 1. The van der Waals surface area contributed by atoms with Crippen molar-refractivity contribution in [1.82, 2.24) is 9.88 Å². The summed E-state index contributed by atoms with van der Waals surface area (Å²) in [6.07, 6.45) is 2.24. The lowest BCUT2D eigenvalue weighted by Crippen LogP contribution is -2.43. The van der Waals surface area contributed by atoms with E-state index in [9.17, 15) is 13.6 Å². The molecule has 3 aromatic rings. The van der Waals surface area contributed by atoms with Gasteiger partial charge in [-0.25, -0.2) is 18.2 Å². The highest BCUT2D eigenvalue weighted by Crippen LogP contribution is 2.40. The van der Waals surface area contributed by atoms with Crippen molar-refractivity contribution in [2.45, 2.75) is 45.2 Å². The number of aromatic nitrogens is 1. The van der Waals surface area contributed by atoms with Gasteiger partial charge in [-0.05, 0) is 82.7 Å². The Morgan fingerprint density at radius 1 is 0.974 bits per heavy atom. The number of carbonyl (C=O) groups excluding carboxylic acids is 1. The summed E-state index contributed by atoms with van der Waals surface area (Å²) < 4.78 is 50.4. The topological polar surface area (TPSA) is 48.9 Å². The fourth-order valence-corrected chi connectivity index (χ4v) is 5.47. The number of anilines is 2. The number of fused-ring (bicyclic) bond motifs is 1. The Balaban J connectivity index is 1.39. The first-order valence-corrected chi connectivity index (χ1v) is 13.3. The monoisotopic (exact) mass is 538 g/mol. The molecule has 1 amide bonds. The van der Waals surface area contributed by atoms with Crippen molar-refractivity contribution in [3.8, 4) is 17.0 Å². The summed E-state index contributed by atoms with van der Waals surface area (Å²) in [7, 11) is 4.14. The molecule has 0 atom stereocenters. The molecule has 2 aliphatic rings. The molecule has 1 aromatic heterocycles. The van der Waals surface area contributed by atoms with Gasteiger partial charge in [0.05, 0.1) is 11.4 Å². The van der Waals surface area contributed by atoms with Crippen LogP contribution in [0, 0.1) is 17.5 Å². The number of carbonyl (C=O) groups is 1. The van der Waals surface area contributed by atoms with E-state index in [0.717, 1.165) is 32.0 Å². The van der Waals surface area contributed by atoms with E-state index in [4.69, 9.17) is 4.74 Å². The average Bonchev–Trinajstić information content (AvgIpc) is 2.89. The molecule has 0 N–H and O–H groups in total. The fourth-order valence-electron chi connectivity index (χ4n) is 5.47. The van der Waals surface area contributed by atoms with Gasteiger partial charge in [0.25, 0.3) is 5.91 Å². The first-order chi connectivity index (χ1) is 18.6. The van der Waals surface area contributed by atoms with Crippen LogP contribution >= 0.6 is 0 Å². The Morgan fingerprint density at radius 2 is 1.72 bits per heavy atom. The van der Waals surface area contributed by atoms with Crippen LogP contribution in [0.2, 0.25) is 0 Å². The molecular formula is C30H33F3N4O2. The lowest BCUT2D eigenvalue weighted by Gasteiger charge is -2.36. The Morgan fingerprint density at radius 3 is 2.38 bits per heavy atom. The van der Waals surface area contributed by atoms with Gasteiger partial charge >= 0.3 is 0 Å². The minimum absolute atomic E-state index is 0.0369. The first kappa shape index (κ1) is 27.0. The van der Waals surface area contributed by atoms with E-state index in [2.05, 4.69) is 28.9 Å². The predicted octanol–water partition coefficient (Wildman–Crippen LogP) is 5.42. The summed E-state index contributed by atoms with van der Waals surface area (Å²) in [6, 6.07) is 10.9. The third-order valence-corrected chi connectivity index (χ3v) is 7.52. The molecule has 1 fully saturated rings. The Kier molecular flexibility index (Phi) is 7.53. The van der Waals surface area contributed by atoms with Gasteiger partial charge in [0, 0.05) is 42.9 Å². The maximum atomic E-state index is 15.1. The largest absolute Gasteiger partial charge is 0.478 e. The summed E-state index contributed by atoms with van der Waals surface area (Å²) in [5.74, 6) is -1.96. The van der Waals surface area contributed by atoms with E-state index in [0.29, 0.717) is 23.0 Å². The fraction of sp³-hybridized carbons (Fsp3) is 0.400. The number of rotatable bonds is 6. The zero-order valence-corrected chi connectivity index (χ0v) is 22.7. The highest BCUT2D eigenvalue weighted by atomic mass is 19.1. The van der Waals surface area contributed by atoms with Crippen LogP contribution < -0.4 is 14.5 Å². The number of hydrogen-bond donors (Lipinski definition) is 0. The van der Waals surface area contributed by atoms with E-state index in [-0.39, 0.29) is 53.5 Å². The number of nitrogens with zero attached hydrogens (tertiary/aromatic N) is 4. The van der Waals surface area contributed by atoms with Crippen molar-refractivity contribution in [3.63, 3.8) is 0 Å². The summed E-state index contributed by atoms with van der Waals surface area (Å²) in [5.41, 5.74) is 2.19. The van der Waals surface area contributed by atoms with Crippen LogP contribution in [-0.2, 0) is 11.2 Å². The van der Waals surface area contributed by atoms with E-state index < -0.39 is 11.6 Å². The Labute approximate surface area is 227 Å². The summed E-state index contributed by atoms with van der Waals surface area (Å²) in [6.45, 7) is 4.96. The van der Waals surface area contributed by atoms with Crippen LogP contribution in [-0.4, -0.2) is 61.7 Å². The minimum atomic E-state index is -0.695. The molecular weight excluding hydrogens is 505 g/mol. The average molecular weight is 539 g/mol. The van der Waals surface area contributed by atoms with Crippen LogP contribution in [0.1, 0.15) is 37.9 Å². The van der Waals surface area contributed by atoms with Gasteiger partial charge in [0.1, 0.15) is 17.3 Å². The molecule has 206 valence electrons. The van der Waals surface area contributed by atoms with Gasteiger partial charge < -0.3 is 19.4 Å². The number of piperidine rings is 1. The molecule has 5 rings (SSSR count). The molecule has 6 nitrogen and oxygen atoms in total. The van der Waals surface area contributed by atoms with Crippen molar-refractivity contribution in [3.05, 3.63) is 71.2 Å². The molecule has 0 aliphatic carbocycles. The van der Waals surface area contributed by atoms with Crippen LogP contribution in [0.15, 0.2) is 42.5 Å². The molecule has 3 heterocycles. The SMILES string of the molecule is CC(C)N1C(=O)COc2c(F)cc(-c3nc(Cc4ccc(N5CCC(N(C)C)CC5)c(F)c4)ccc3F)cc21. The van der Waals surface area contributed by atoms with E-state index in [1.807, 2.05) is 19.9 Å².